The molecule has 0 aliphatic carbocycles. The number of hydrogen-bond acceptors (Lipinski definition) is 1. The Morgan fingerprint density at radius 1 is 1.44 bits per heavy atom. The normalized spacial score (nSPS) is 9.11. The molecule has 0 rings (SSSR count). The fourth-order valence-corrected chi connectivity index (χ4v) is 0.627. The molecule has 1 nitrogen and oxygen atoms in total. The van der Waals surface area contributed by atoms with E-state index in [2.05, 4.69) is 34.4 Å². The third-order valence-electron chi connectivity index (χ3n) is 0.634. The van der Waals surface area contributed by atoms with E-state index in [4.69, 9.17) is 11.6 Å². The van der Waals surface area contributed by atoms with Gasteiger partial charge < -0.3 is 5.32 Å². The minimum atomic E-state index is 0.615. The monoisotopic (exact) mass is 209 g/mol. The van der Waals surface area contributed by atoms with Crippen LogP contribution in [0.25, 0.3) is 0 Å². The van der Waals surface area contributed by atoms with E-state index in [1.807, 2.05) is 0 Å². The van der Waals surface area contributed by atoms with Crippen LogP contribution in [0.2, 0.25) is 0 Å². The van der Waals surface area contributed by atoms with E-state index in [0.717, 1.165) is 11.0 Å². The number of hydrogen-bond donors (Lipinski definition) is 1. The summed E-state index contributed by atoms with van der Waals surface area (Å²) in [6.45, 7) is 8.50. The fourth-order valence-electron chi connectivity index (χ4n) is 0.334. The van der Waals surface area contributed by atoms with Crippen molar-refractivity contribution in [2.45, 2.75) is 0 Å². The molecule has 0 aliphatic rings. The molecule has 0 spiro atoms. The zero-order valence-corrected chi connectivity index (χ0v) is 7.43. The fraction of sp³-hybridized carbons (Fsp3) is 0.333. The van der Waals surface area contributed by atoms with Gasteiger partial charge in [-0.2, -0.15) is 0 Å². The first-order chi connectivity index (χ1) is 4.13. The molecule has 0 aromatic rings. The summed E-state index contributed by atoms with van der Waals surface area (Å²) in [5, 5.41) is 3.62. The molecule has 1 N–H and O–H groups in total. The number of halogens is 2. The van der Waals surface area contributed by atoms with Gasteiger partial charge >= 0.3 is 0 Å². The van der Waals surface area contributed by atoms with Gasteiger partial charge in [0.05, 0.1) is 0 Å². The molecular weight excluding hydrogens is 201 g/mol. The zero-order valence-electron chi connectivity index (χ0n) is 5.08. The predicted octanol–water partition coefficient (Wildman–Crippen LogP) is 2.24. The topological polar surface area (TPSA) is 12.0 Å². The number of rotatable bonds is 4. The Labute approximate surface area is 68.9 Å². The molecule has 3 heteroatoms. The van der Waals surface area contributed by atoms with Crippen molar-refractivity contribution in [3.8, 4) is 0 Å². The van der Waals surface area contributed by atoms with Gasteiger partial charge in [-0.1, -0.05) is 40.7 Å². The van der Waals surface area contributed by atoms with Crippen molar-refractivity contribution < 1.29 is 0 Å². The summed E-state index contributed by atoms with van der Waals surface area (Å²) in [6.07, 6.45) is 0. The quantitative estimate of drug-likeness (QED) is 0.750. The molecule has 0 heterocycles. The van der Waals surface area contributed by atoms with Crippen LogP contribution in [-0.2, 0) is 0 Å². The summed E-state index contributed by atoms with van der Waals surface area (Å²) >= 11 is 8.65. The highest BCUT2D eigenvalue weighted by Crippen LogP contribution is 1.98. The van der Waals surface area contributed by atoms with E-state index in [0.29, 0.717) is 11.6 Å². The van der Waals surface area contributed by atoms with Crippen LogP contribution in [-0.4, -0.2) is 13.1 Å². The highest BCUT2D eigenvalue weighted by atomic mass is 79.9. The van der Waals surface area contributed by atoms with Crippen LogP contribution in [0.3, 0.4) is 0 Å². The Balaban J connectivity index is 3.10. The number of nitrogens with one attached hydrogen (secondary N) is 1. The van der Waals surface area contributed by atoms with Crippen molar-refractivity contribution in [1.82, 2.24) is 5.32 Å². The Kier molecular flexibility index (Phi) is 5.15. The van der Waals surface area contributed by atoms with Crippen LogP contribution in [0.4, 0.5) is 0 Å². The lowest BCUT2D eigenvalue weighted by Gasteiger charge is -1.99. The van der Waals surface area contributed by atoms with Crippen molar-refractivity contribution in [1.29, 1.82) is 0 Å². The Morgan fingerprint density at radius 2 is 2.00 bits per heavy atom. The average Bonchev–Trinajstić information content (AvgIpc) is 1.63. The van der Waals surface area contributed by atoms with Gasteiger partial charge in [-0.15, -0.1) is 0 Å². The first-order valence-electron chi connectivity index (χ1n) is 2.50. The molecule has 0 fully saturated rings. The molecule has 0 saturated heterocycles. The third-order valence-corrected chi connectivity index (χ3v) is 1.05. The molecule has 0 unspecified atom stereocenters. The van der Waals surface area contributed by atoms with E-state index < -0.39 is 0 Å². The molecule has 0 amide bonds. The van der Waals surface area contributed by atoms with E-state index in [1.165, 1.54) is 0 Å². The summed E-state index contributed by atoms with van der Waals surface area (Å²) in [4.78, 5) is 0. The molecular formula is C6H9BrClN. The second-order valence-corrected chi connectivity index (χ2v) is 3.29. The van der Waals surface area contributed by atoms with Crippen LogP contribution in [0.5, 0.6) is 0 Å². The highest BCUT2D eigenvalue weighted by Gasteiger charge is 1.87. The largest absolute Gasteiger partial charge is 0.307 e. The molecule has 0 bridgehead atoms. The van der Waals surface area contributed by atoms with Gasteiger partial charge in [0.1, 0.15) is 0 Å². The van der Waals surface area contributed by atoms with Crippen molar-refractivity contribution >= 4 is 27.5 Å². The maximum absolute atomic E-state index is 5.46. The predicted molar refractivity (Wildman–Crippen MR) is 45.9 cm³/mol. The molecule has 0 aromatic carbocycles. The van der Waals surface area contributed by atoms with Crippen molar-refractivity contribution in [3.63, 3.8) is 0 Å². The molecule has 0 aromatic heterocycles. The second-order valence-electron chi connectivity index (χ2n) is 1.64. The maximum Gasteiger partial charge on any atom is 0.0310 e. The minimum absolute atomic E-state index is 0.615. The van der Waals surface area contributed by atoms with E-state index in [9.17, 15) is 0 Å². The van der Waals surface area contributed by atoms with Gasteiger partial charge in [0.25, 0.3) is 0 Å². The maximum atomic E-state index is 5.46. The Bertz CT molecular complexity index is 108. The summed E-state index contributed by atoms with van der Waals surface area (Å²) < 4.78 is 0.917. The SMILES string of the molecule is C=C(Cl)CNCC(=C)Br. The summed E-state index contributed by atoms with van der Waals surface area (Å²) in [5.41, 5.74) is 0. The summed E-state index contributed by atoms with van der Waals surface area (Å²) in [5.74, 6) is 0. The van der Waals surface area contributed by atoms with Crippen LogP contribution >= 0.6 is 27.5 Å². The third kappa shape index (κ3) is 8.21. The molecule has 0 radical (unpaired) electrons. The van der Waals surface area contributed by atoms with Gasteiger partial charge in [0, 0.05) is 22.6 Å². The van der Waals surface area contributed by atoms with Gasteiger partial charge in [0.15, 0.2) is 0 Å². The van der Waals surface area contributed by atoms with E-state index in [1.54, 1.807) is 0 Å². The molecule has 9 heavy (non-hydrogen) atoms. The van der Waals surface area contributed by atoms with Crippen LogP contribution in [0.1, 0.15) is 0 Å². The van der Waals surface area contributed by atoms with Gasteiger partial charge in [-0.25, -0.2) is 0 Å². The van der Waals surface area contributed by atoms with Gasteiger partial charge in [-0.05, 0) is 0 Å². The average molecular weight is 211 g/mol. The molecule has 0 aliphatic heterocycles. The first kappa shape index (κ1) is 9.21. The smallest absolute Gasteiger partial charge is 0.0310 e. The van der Waals surface area contributed by atoms with Crippen LogP contribution in [0.15, 0.2) is 22.7 Å². The summed E-state index contributed by atoms with van der Waals surface area (Å²) in [6, 6.07) is 0. The van der Waals surface area contributed by atoms with Gasteiger partial charge in [-0.3, -0.25) is 0 Å². The Morgan fingerprint density at radius 3 is 2.33 bits per heavy atom. The lowest BCUT2D eigenvalue weighted by Crippen LogP contribution is -2.16. The van der Waals surface area contributed by atoms with Crippen LogP contribution in [0, 0.1) is 0 Å². The standard InChI is InChI=1S/C6H9BrClN/c1-5(7)3-9-4-6(2)8/h9H,1-4H2. The lowest BCUT2D eigenvalue weighted by molar-refractivity contribution is 0.833. The molecule has 52 valence electrons. The molecule has 0 atom stereocenters. The lowest BCUT2D eigenvalue weighted by atomic mass is 10.5. The molecule has 0 saturated carbocycles. The van der Waals surface area contributed by atoms with Crippen molar-refractivity contribution in [2.75, 3.05) is 13.1 Å². The van der Waals surface area contributed by atoms with Crippen molar-refractivity contribution in [2.24, 2.45) is 0 Å². The van der Waals surface area contributed by atoms with Crippen molar-refractivity contribution in [3.05, 3.63) is 22.7 Å². The second kappa shape index (κ2) is 5.03. The van der Waals surface area contributed by atoms with E-state index >= 15 is 0 Å². The zero-order chi connectivity index (χ0) is 7.28. The minimum Gasteiger partial charge on any atom is -0.307 e. The highest BCUT2D eigenvalue weighted by molar-refractivity contribution is 9.11. The van der Waals surface area contributed by atoms with Crippen LogP contribution < -0.4 is 5.32 Å². The van der Waals surface area contributed by atoms with E-state index in [-0.39, 0.29) is 0 Å². The van der Waals surface area contributed by atoms with Gasteiger partial charge in [0.2, 0.25) is 0 Å². The first-order valence-corrected chi connectivity index (χ1v) is 3.67. The summed E-state index contributed by atoms with van der Waals surface area (Å²) in [7, 11) is 0. The Hall–Kier alpha value is 0.210.